The van der Waals surface area contributed by atoms with Crippen LogP contribution in [0.1, 0.15) is 10.5 Å². The Hall–Kier alpha value is -1.52. The first-order valence-electron chi connectivity index (χ1n) is 4.32. The minimum Gasteiger partial charge on any atom is -0.476 e. The topological polar surface area (TPSA) is 55.1 Å². The highest BCUT2D eigenvalue weighted by Gasteiger charge is 2.08. The monoisotopic (exact) mass is 256 g/mol. The minimum atomic E-state index is -1.07. The van der Waals surface area contributed by atoms with Gasteiger partial charge in [0.05, 0.1) is 15.7 Å². The molecule has 0 spiro atoms. The van der Waals surface area contributed by atoms with Gasteiger partial charge in [0.2, 0.25) is 0 Å². The first-order chi connectivity index (χ1) is 7.58. The summed E-state index contributed by atoms with van der Waals surface area (Å²) < 4.78 is 1.42. The Labute approximate surface area is 101 Å². The zero-order valence-corrected chi connectivity index (χ0v) is 9.40. The molecule has 0 radical (unpaired) electrons. The van der Waals surface area contributed by atoms with Crippen molar-refractivity contribution < 1.29 is 9.90 Å². The fraction of sp³-hybridized carbons (Fsp3) is 0. The lowest BCUT2D eigenvalue weighted by Crippen LogP contribution is -2.00. The van der Waals surface area contributed by atoms with Crippen molar-refractivity contribution in [2.75, 3.05) is 0 Å². The standard InChI is InChI=1S/C10H6Cl2N2O2/c11-7-2-1-6(5-8(7)12)14-4-3-9(13-14)10(15)16/h1-5H,(H,15,16). The van der Waals surface area contributed by atoms with Crippen molar-refractivity contribution >= 4 is 29.2 Å². The molecule has 2 aromatic rings. The highest BCUT2D eigenvalue weighted by Crippen LogP contribution is 2.24. The average molecular weight is 257 g/mol. The predicted octanol–water partition coefficient (Wildman–Crippen LogP) is 2.88. The van der Waals surface area contributed by atoms with Gasteiger partial charge in [0.1, 0.15) is 0 Å². The Kier molecular flexibility index (Phi) is 2.85. The fourth-order valence-corrected chi connectivity index (χ4v) is 1.50. The number of rotatable bonds is 2. The molecule has 0 saturated carbocycles. The van der Waals surface area contributed by atoms with Gasteiger partial charge in [0, 0.05) is 6.20 Å². The number of carboxylic acid groups (broad SMARTS) is 1. The number of benzene rings is 1. The molecule has 0 unspecified atom stereocenters. The maximum absolute atomic E-state index is 10.6. The maximum Gasteiger partial charge on any atom is 0.356 e. The van der Waals surface area contributed by atoms with Crippen LogP contribution in [0, 0.1) is 0 Å². The Morgan fingerprint density at radius 3 is 2.56 bits per heavy atom. The molecule has 1 aromatic heterocycles. The van der Waals surface area contributed by atoms with Crippen LogP contribution in [0.5, 0.6) is 0 Å². The van der Waals surface area contributed by atoms with Gasteiger partial charge in [-0.15, -0.1) is 0 Å². The first kappa shape index (κ1) is 11.0. The molecular weight excluding hydrogens is 251 g/mol. The molecule has 82 valence electrons. The molecule has 0 fully saturated rings. The van der Waals surface area contributed by atoms with E-state index in [0.717, 1.165) is 0 Å². The van der Waals surface area contributed by atoms with Gasteiger partial charge >= 0.3 is 5.97 Å². The zero-order chi connectivity index (χ0) is 11.7. The number of halogens is 2. The van der Waals surface area contributed by atoms with E-state index in [2.05, 4.69) is 5.10 Å². The summed E-state index contributed by atoms with van der Waals surface area (Å²) in [6.07, 6.45) is 1.54. The average Bonchev–Trinajstić information content (AvgIpc) is 2.71. The molecule has 0 saturated heterocycles. The summed E-state index contributed by atoms with van der Waals surface area (Å²) in [6.45, 7) is 0. The molecule has 0 atom stereocenters. The van der Waals surface area contributed by atoms with Gasteiger partial charge < -0.3 is 5.11 Å². The Morgan fingerprint density at radius 2 is 2.00 bits per heavy atom. The zero-order valence-electron chi connectivity index (χ0n) is 7.89. The summed E-state index contributed by atoms with van der Waals surface area (Å²) in [5.41, 5.74) is 0.632. The van der Waals surface area contributed by atoms with Crippen molar-refractivity contribution in [2.24, 2.45) is 0 Å². The number of aromatic carboxylic acids is 1. The van der Waals surface area contributed by atoms with Crippen molar-refractivity contribution in [3.05, 3.63) is 46.2 Å². The maximum atomic E-state index is 10.6. The van der Waals surface area contributed by atoms with E-state index < -0.39 is 5.97 Å². The molecule has 1 N–H and O–H groups in total. The summed E-state index contributed by atoms with van der Waals surface area (Å²) in [7, 11) is 0. The fourth-order valence-electron chi connectivity index (χ4n) is 1.21. The summed E-state index contributed by atoms with van der Waals surface area (Å²) in [4.78, 5) is 10.6. The SMILES string of the molecule is O=C(O)c1ccn(-c2ccc(Cl)c(Cl)c2)n1. The number of aromatic nitrogens is 2. The lowest BCUT2D eigenvalue weighted by molar-refractivity contribution is 0.0690. The molecule has 4 nitrogen and oxygen atoms in total. The van der Waals surface area contributed by atoms with Crippen molar-refractivity contribution in [1.82, 2.24) is 9.78 Å². The molecule has 2 rings (SSSR count). The van der Waals surface area contributed by atoms with Crippen LogP contribution < -0.4 is 0 Å². The van der Waals surface area contributed by atoms with E-state index in [1.165, 1.54) is 10.7 Å². The third kappa shape index (κ3) is 2.03. The van der Waals surface area contributed by atoms with E-state index in [1.54, 1.807) is 24.4 Å². The van der Waals surface area contributed by atoms with E-state index in [9.17, 15) is 4.79 Å². The van der Waals surface area contributed by atoms with Crippen LogP contribution in [0.25, 0.3) is 5.69 Å². The third-order valence-electron chi connectivity index (χ3n) is 1.98. The molecule has 0 aliphatic rings. The second-order valence-electron chi connectivity index (χ2n) is 3.05. The smallest absolute Gasteiger partial charge is 0.356 e. The largest absolute Gasteiger partial charge is 0.476 e. The van der Waals surface area contributed by atoms with E-state index in [4.69, 9.17) is 28.3 Å². The highest BCUT2D eigenvalue weighted by molar-refractivity contribution is 6.42. The van der Waals surface area contributed by atoms with E-state index in [-0.39, 0.29) is 5.69 Å². The van der Waals surface area contributed by atoms with E-state index >= 15 is 0 Å². The number of hydrogen-bond donors (Lipinski definition) is 1. The van der Waals surface area contributed by atoms with Gasteiger partial charge in [0.25, 0.3) is 0 Å². The van der Waals surface area contributed by atoms with Gasteiger partial charge in [-0.25, -0.2) is 9.48 Å². The molecule has 1 heterocycles. The highest BCUT2D eigenvalue weighted by atomic mass is 35.5. The van der Waals surface area contributed by atoms with Crippen molar-refractivity contribution in [2.45, 2.75) is 0 Å². The van der Waals surface area contributed by atoms with Crippen molar-refractivity contribution in [3.63, 3.8) is 0 Å². The van der Waals surface area contributed by atoms with Gasteiger partial charge in [-0.1, -0.05) is 23.2 Å². The van der Waals surface area contributed by atoms with E-state index in [0.29, 0.717) is 15.7 Å². The molecule has 0 aliphatic heterocycles. The second kappa shape index (κ2) is 4.15. The van der Waals surface area contributed by atoms with Crippen LogP contribution in [0.3, 0.4) is 0 Å². The number of carbonyl (C=O) groups is 1. The van der Waals surface area contributed by atoms with Gasteiger partial charge in [-0.2, -0.15) is 5.10 Å². The Balaban J connectivity index is 2.42. The summed E-state index contributed by atoms with van der Waals surface area (Å²) >= 11 is 11.6. The van der Waals surface area contributed by atoms with Crippen LogP contribution in [0.15, 0.2) is 30.5 Å². The molecule has 1 aromatic carbocycles. The number of carboxylic acids is 1. The lowest BCUT2D eigenvalue weighted by atomic mass is 10.3. The Bertz CT molecular complexity index is 552. The summed E-state index contributed by atoms with van der Waals surface area (Å²) in [5, 5.41) is 13.4. The molecule has 6 heteroatoms. The summed E-state index contributed by atoms with van der Waals surface area (Å²) in [5.74, 6) is -1.07. The normalized spacial score (nSPS) is 10.4. The summed E-state index contributed by atoms with van der Waals surface area (Å²) in [6, 6.07) is 6.35. The van der Waals surface area contributed by atoms with Gasteiger partial charge in [-0.3, -0.25) is 0 Å². The van der Waals surface area contributed by atoms with Crippen LogP contribution in [0.2, 0.25) is 10.0 Å². The molecule has 0 aliphatic carbocycles. The third-order valence-corrected chi connectivity index (χ3v) is 2.71. The van der Waals surface area contributed by atoms with Crippen molar-refractivity contribution in [3.8, 4) is 5.69 Å². The molecule has 16 heavy (non-hydrogen) atoms. The predicted molar refractivity (Wildman–Crippen MR) is 60.5 cm³/mol. The molecule has 0 amide bonds. The first-order valence-corrected chi connectivity index (χ1v) is 5.08. The number of hydrogen-bond acceptors (Lipinski definition) is 2. The lowest BCUT2D eigenvalue weighted by Gasteiger charge is -2.02. The quantitative estimate of drug-likeness (QED) is 0.899. The van der Waals surface area contributed by atoms with Gasteiger partial charge in [0.15, 0.2) is 5.69 Å². The molecular formula is C10H6Cl2N2O2. The van der Waals surface area contributed by atoms with E-state index in [1.807, 2.05) is 0 Å². The van der Waals surface area contributed by atoms with Gasteiger partial charge in [-0.05, 0) is 24.3 Å². The number of nitrogens with zero attached hydrogens (tertiary/aromatic N) is 2. The minimum absolute atomic E-state index is 0.0222. The van der Waals surface area contributed by atoms with Crippen LogP contribution in [-0.2, 0) is 0 Å². The van der Waals surface area contributed by atoms with Crippen molar-refractivity contribution in [1.29, 1.82) is 0 Å². The van der Waals surface area contributed by atoms with Crippen LogP contribution >= 0.6 is 23.2 Å². The molecule has 0 bridgehead atoms. The Morgan fingerprint density at radius 1 is 1.25 bits per heavy atom. The second-order valence-corrected chi connectivity index (χ2v) is 3.86. The van der Waals surface area contributed by atoms with Crippen LogP contribution in [0.4, 0.5) is 0 Å². The van der Waals surface area contributed by atoms with Crippen LogP contribution in [-0.4, -0.2) is 20.9 Å².